The Hall–Kier alpha value is -1.12. The number of hydrogen-bond donors (Lipinski definition) is 1. The fraction of sp³-hybridized carbons (Fsp3) is 0.529. The molecule has 2 rings (SSSR count). The number of aryl methyl sites for hydroxylation is 1. The van der Waals surface area contributed by atoms with Crippen LogP contribution in [0.1, 0.15) is 30.9 Å². The zero-order valence-corrected chi connectivity index (χ0v) is 12.3. The fourth-order valence-corrected chi connectivity index (χ4v) is 2.52. The lowest BCUT2D eigenvalue weighted by molar-refractivity contribution is 0.298. The van der Waals surface area contributed by atoms with E-state index in [-0.39, 0.29) is 0 Å². The van der Waals surface area contributed by atoms with Gasteiger partial charge in [0.2, 0.25) is 0 Å². The summed E-state index contributed by atoms with van der Waals surface area (Å²) in [5.41, 5.74) is 4.07. The van der Waals surface area contributed by atoms with E-state index in [1.807, 2.05) is 0 Å². The van der Waals surface area contributed by atoms with Crippen LogP contribution >= 0.6 is 0 Å². The van der Waals surface area contributed by atoms with Crippen molar-refractivity contribution in [3.63, 3.8) is 0 Å². The molecular formula is C17H26N2. The molecule has 0 aliphatic carbocycles. The summed E-state index contributed by atoms with van der Waals surface area (Å²) < 4.78 is 0. The molecule has 1 aliphatic heterocycles. The maximum absolute atomic E-state index is 3.45. The molecule has 0 bridgehead atoms. The van der Waals surface area contributed by atoms with Gasteiger partial charge in [0.25, 0.3) is 0 Å². The molecule has 2 heteroatoms. The van der Waals surface area contributed by atoms with Crippen molar-refractivity contribution >= 4 is 5.57 Å². The molecule has 0 radical (unpaired) electrons. The highest BCUT2D eigenvalue weighted by atomic mass is 15.1. The normalized spacial score (nSPS) is 18.3. The molecule has 1 aliphatic rings. The molecule has 19 heavy (non-hydrogen) atoms. The lowest BCUT2D eigenvalue weighted by Gasteiger charge is -2.18. The van der Waals surface area contributed by atoms with Gasteiger partial charge in [0, 0.05) is 19.6 Å². The van der Waals surface area contributed by atoms with Gasteiger partial charge >= 0.3 is 0 Å². The maximum Gasteiger partial charge on any atom is 0.0107 e. The van der Waals surface area contributed by atoms with Crippen molar-refractivity contribution in [3.05, 3.63) is 41.5 Å². The lowest BCUT2D eigenvalue weighted by atomic mass is 10.0. The SMILES string of the molecule is C/C(=C\CCN1CCCNCC1)c1ccc(C)cc1. The quantitative estimate of drug-likeness (QED) is 0.893. The molecule has 1 N–H and O–H groups in total. The third kappa shape index (κ3) is 4.81. The summed E-state index contributed by atoms with van der Waals surface area (Å²) in [5.74, 6) is 0. The molecule has 2 nitrogen and oxygen atoms in total. The van der Waals surface area contributed by atoms with Crippen LogP contribution in [0.15, 0.2) is 30.3 Å². The fourth-order valence-electron chi connectivity index (χ4n) is 2.52. The number of allylic oxidation sites excluding steroid dienone is 1. The van der Waals surface area contributed by atoms with Crippen molar-refractivity contribution in [2.45, 2.75) is 26.7 Å². The Kier molecular flexibility index (Phi) is 5.62. The van der Waals surface area contributed by atoms with Gasteiger partial charge in [-0.2, -0.15) is 0 Å². The molecule has 1 saturated heterocycles. The summed E-state index contributed by atoms with van der Waals surface area (Å²) in [4.78, 5) is 2.57. The van der Waals surface area contributed by atoms with Gasteiger partial charge in [-0.15, -0.1) is 0 Å². The van der Waals surface area contributed by atoms with Gasteiger partial charge in [-0.25, -0.2) is 0 Å². The third-order valence-electron chi connectivity index (χ3n) is 3.84. The van der Waals surface area contributed by atoms with E-state index in [4.69, 9.17) is 0 Å². The van der Waals surface area contributed by atoms with Crippen molar-refractivity contribution in [3.8, 4) is 0 Å². The van der Waals surface area contributed by atoms with Gasteiger partial charge in [-0.1, -0.05) is 35.9 Å². The average Bonchev–Trinajstić information content (AvgIpc) is 2.68. The van der Waals surface area contributed by atoms with Crippen LogP contribution in [0.3, 0.4) is 0 Å². The molecule has 0 amide bonds. The second kappa shape index (κ2) is 7.46. The first kappa shape index (κ1) is 14.3. The van der Waals surface area contributed by atoms with Crippen molar-refractivity contribution in [1.29, 1.82) is 0 Å². The van der Waals surface area contributed by atoms with E-state index >= 15 is 0 Å². The number of rotatable bonds is 4. The molecule has 0 unspecified atom stereocenters. The summed E-state index contributed by atoms with van der Waals surface area (Å²) >= 11 is 0. The Labute approximate surface area is 117 Å². The summed E-state index contributed by atoms with van der Waals surface area (Å²) in [5, 5.41) is 3.45. The Morgan fingerprint density at radius 3 is 2.79 bits per heavy atom. The minimum absolute atomic E-state index is 1.14. The summed E-state index contributed by atoms with van der Waals surface area (Å²) in [6, 6.07) is 8.81. The second-order valence-corrected chi connectivity index (χ2v) is 5.49. The molecule has 0 spiro atoms. The van der Waals surface area contributed by atoms with Crippen LogP contribution in [0.2, 0.25) is 0 Å². The van der Waals surface area contributed by atoms with Crippen molar-refractivity contribution in [1.82, 2.24) is 10.2 Å². The monoisotopic (exact) mass is 258 g/mol. The molecule has 1 aromatic carbocycles. The summed E-state index contributed by atoms with van der Waals surface area (Å²) in [6.45, 7) is 10.3. The molecule has 0 atom stereocenters. The zero-order valence-electron chi connectivity index (χ0n) is 12.3. The first-order valence-electron chi connectivity index (χ1n) is 7.42. The second-order valence-electron chi connectivity index (χ2n) is 5.49. The highest BCUT2D eigenvalue weighted by Gasteiger charge is 2.06. The molecule has 0 aromatic heterocycles. The molecule has 1 heterocycles. The molecular weight excluding hydrogens is 232 g/mol. The number of nitrogens with one attached hydrogen (secondary N) is 1. The topological polar surface area (TPSA) is 15.3 Å². The van der Waals surface area contributed by atoms with Gasteiger partial charge in [0.05, 0.1) is 0 Å². The van der Waals surface area contributed by atoms with E-state index in [2.05, 4.69) is 54.4 Å². The predicted molar refractivity (Wildman–Crippen MR) is 83.4 cm³/mol. The predicted octanol–water partition coefficient (Wildman–Crippen LogP) is 3.08. The molecule has 1 aromatic rings. The van der Waals surface area contributed by atoms with Crippen molar-refractivity contribution in [2.75, 3.05) is 32.7 Å². The van der Waals surface area contributed by atoms with Crippen LogP contribution in [-0.4, -0.2) is 37.6 Å². The molecule has 0 saturated carbocycles. The summed E-state index contributed by atoms with van der Waals surface area (Å²) in [7, 11) is 0. The van der Waals surface area contributed by atoms with E-state index in [1.165, 1.54) is 49.3 Å². The average molecular weight is 258 g/mol. The van der Waals surface area contributed by atoms with Crippen LogP contribution in [0.4, 0.5) is 0 Å². The van der Waals surface area contributed by atoms with Crippen LogP contribution < -0.4 is 5.32 Å². The maximum atomic E-state index is 3.45. The first-order valence-corrected chi connectivity index (χ1v) is 7.42. The Bertz CT molecular complexity index is 398. The number of benzene rings is 1. The van der Waals surface area contributed by atoms with E-state index < -0.39 is 0 Å². The Balaban J connectivity index is 1.82. The minimum atomic E-state index is 1.14. The standard InChI is InChI=1S/C17H26N2/c1-15-6-8-17(9-7-15)16(2)5-3-12-19-13-4-10-18-11-14-19/h5-9,18H,3-4,10-14H2,1-2H3/b16-5+. The lowest BCUT2D eigenvalue weighted by Crippen LogP contribution is -2.28. The molecule has 1 fully saturated rings. The van der Waals surface area contributed by atoms with Crippen molar-refractivity contribution in [2.24, 2.45) is 0 Å². The van der Waals surface area contributed by atoms with E-state index in [1.54, 1.807) is 0 Å². The number of hydrogen-bond acceptors (Lipinski definition) is 2. The van der Waals surface area contributed by atoms with E-state index in [9.17, 15) is 0 Å². The van der Waals surface area contributed by atoms with Crippen LogP contribution in [-0.2, 0) is 0 Å². The van der Waals surface area contributed by atoms with Crippen LogP contribution in [0.25, 0.3) is 5.57 Å². The largest absolute Gasteiger partial charge is 0.315 e. The third-order valence-corrected chi connectivity index (χ3v) is 3.84. The van der Waals surface area contributed by atoms with E-state index in [0.717, 1.165) is 13.0 Å². The molecule has 104 valence electrons. The van der Waals surface area contributed by atoms with Gasteiger partial charge in [-0.3, -0.25) is 0 Å². The highest BCUT2D eigenvalue weighted by molar-refractivity contribution is 5.63. The Morgan fingerprint density at radius 1 is 1.21 bits per heavy atom. The van der Waals surface area contributed by atoms with E-state index in [0.29, 0.717) is 0 Å². The summed E-state index contributed by atoms with van der Waals surface area (Å²) in [6.07, 6.45) is 4.81. The van der Waals surface area contributed by atoms with Gasteiger partial charge in [-0.05, 0) is 50.9 Å². The Morgan fingerprint density at radius 2 is 2.00 bits per heavy atom. The minimum Gasteiger partial charge on any atom is -0.315 e. The van der Waals surface area contributed by atoms with Gasteiger partial charge in [0.1, 0.15) is 0 Å². The smallest absolute Gasteiger partial charge is 0.0107 e. The van der Waals surface area contributed by atoms with Crippen LogP contribution in [0.5, 0.6) is 0 Å². The van der Waals surface area contributed by atoms with Crippen molar-refractivity contribution < 1.29 is 0 Å². The van der Waals surface area contributed by atoms with Crippen LogP contribution in [0, 0.1) is 6.92 Å². The van der Waals surface area contributed by atoms with Gasteiger partial charge < -0.3 is 10.2 Å². The zero-order chi connectivity index (χ0) is 13.5. The van der Waals surface area contributed by atoms with Gasteiger partial charge in [0.15, 0.2) is 0 Å². The first-order chi connectivity index (χ1) is 9.25. The number of nitrogens with zero attached hydrogens (tertiary/aromatic N) is 1. The highest BCUT2D eigenvalue weighted by Crippen LogP contribution is 2.15.